The van der Waals surface area contributed by atoms with E-state index in [1.807, 2.05) is 0 Å². The van der Waals surface area contributed by atoms with E-state index in [2.05, 4.69) is 24.7 Å². The molecule has 0 saturated carbocycles. The Morgan fingerprint density at radius 3 is 3.13 bits per heavy atom. The summed E-state index contributed by atoms with van der Waals surface area (Å²) in [7, 11) is 1.24. The SMILES string of the molecule is OC1=CCC=COOOOOP=PC=C1. The van der Waals surface area contributed by atoms with Crippen molar-refractivity contribution in [3.8, 4) is 0 Å². The van der Waals surface area contributed by atoms with Gasteiger partial charge in [0.1, 0.15) is 20.1 Å². The first-order chi connectivity index (χ1) is 7.39. The van der Waals surface area contributed by atoms with E-state index in [0.717, 1.165) is 7.87 Å². The van der Waals surface area contributed by atoms with E-state index in [9.17, 15) is 5.11 Å². The number of allylic oxidation sites excluding steroid dienone is 3. The zero-order valence-electron chi connectivity index (χ0n) is 7.48. The van der Waals surface area contributed by atoms with Crippen molar-refractivity contribution in [3.05, 3.63) is 36.1 Å². The zero-order valence-corrected chi connectivity index (χ0v) is 9.27. The molecule has 1 N–H and O–H groups in total. The molecule has 0 radical (unpaired) electrons. The molecule has 0 amide bonds. The Morgan fingerprint density at radius 2 is 2.20 bits per heavy atom. The second-order valence-corrected chi connectivity index (χ2v) is 4.15. The van der Waals surface area contributed by atoms with Crippen LogP contribution in [0.5, 0.6) is 0 Å². The molecule has 8 heteroatoms. The second kappa shape index (κ2) is 8.56. The number of aliphatic hydroxyl groups is 1. The third-order valence-electron chi connectivity index (χ3n) is 1.13. The van der Waals surface area contributed by atoms with Crippen molar-refractivity contribution in [2.24, 2.45) is 0 Å². The molecule has 0 aromatic carbocycles. The molecule has 0 aromatic heterocycles. The van der Waals surface area contributed by atoms with E-state index in [4.69, 9.17) is 0 Å². The third-order valence-corrected chi connectivity index (χ3v) is 2.52. The van der Waals surface area contributed by atoms with Gasteiger partial charge in [-0.2, -0.15) is 0 Å². The first-order valence-electron chi connectivity index (χ1n) is 3.83. The van der Waals surface area contributed by atoms with E-state index >= 15 is 0 Å². The molecule has 0 bridgehead atoms. The van der Waals surface area contributed by atoms with E-state index in [-0.39, 0.29) is 5.76 Å². The Labute approximate surface area is 88.9 Å². The molecule has 0 aliphatic carbocycles. The quantitative estimate of drug-likeness (QED) is 0.525. The van der Waals surface area contributed by atoms with Gasteiger partial charge in [-0.1, -0.05) is 0 Å². The summed E-state index contributed by atoms with van der Waals surface area (Å²) in [6.45, 7) is 0. The summed E-state index contributed by atoms with van der Waals surface area (Å²) in [5.74, 6) is 1.86. The minimum Gasteiger partial charge on any atom is -0.508 e. The molecule has 0 aromatic rings. The van der Waals surface area contributed by atoms with Crippen LogP contribution in [0.1, 0.15) is 6.42 Å². The van der Waals surface area contributed by atoms with Crippen molar-refractivity contribution in [2.75, 3.05) is 0 Å². The van der Waals surface area contributed by atoms with E-state index < -0.39 is 0 Å². The van der Waals surface area contributed by atoms with Crippen LogP contribution in [0.4, 0.5) is 0 Å². The van der Waals surface area contributed by atoms with Gasteiger partial charge in [0.15, 0.2) is 0 Å². The third kappa shape index (κ3) is 7.22. The van der Waals surface area contributed by atoms with Crippen LogP contribution in [0.25, 0.3) is 0 Å². The van der Waals surface area contributed by atoms with Gasteiger partial charge in [-0.3, -0.25) is 0 Å². The molecule has 0 atom stereocenters. The minimum atomic E-state index is 0.164. The lowest BCUT2D eigenvalue weighted by Gasteiger charge is -1.95. The molecule has 0 saturated heterocycles. The van der Waals surface area contributed by atoms with Crippen molar-refractivity contribution < 1.29 is 29.8 Å². The summed E-state index contributed by atoms with van der Waals surface area (Å²) in [4.78, 5) is 4.37. The molecule has 0 fully saturated rings. The van der Waals surface area contributed by atoms with Crippen LogP contribution < -0.4 is 0 Å². The second-order valence-electron chi connectivity index (χ2n) is 2.12. The molecule has 1 heterocycles. The predicted molar refractivity (Wildman–Crippen MR) is 52.9 cm³/mol. The average molecular weight is 250 g/mol. The van der Waals surface area contributed by atoms with Crippen LogP contribution in [0.3, 0.4) is 0 Å². The van der Waals surface area contributed by atoms with Crippen LogP contribution in [-0.2, 0) is 24.7 Å². The summed E-state index contributed by atoms with van der Waals surface area (Å²) in [6.07, 6.45) is 6.50. The molecule has 0 unspecified atom stereocenters. The van der Waals surface area contributed by atoms with Crippen molar-refractivity contribution in [3.63, 3.8) is 0 Å². The Kier molecular flexibility index (Phi) is 7.04. The lowest BCUT2D eigenvalue weighted by molar-refractivity contribution is -0.681. The van der Waals surface area contributed by atoms with Crippen molar-refractivity contribution in [1.29, 1.82) is 0 Å². The molecule has 1 aliphatic heterocycles. The fraction of sp³-hybridized carbons (Fsp3) is 0.143. The standard InChI is InChI=1S/C7H8O6P2/c8-7-3-1-2-5-9-10-11-12-13-15-14-6-4-7/h2-6,8H,1H2. The van der Waals surface area contributed by atoms with Crippen LogP contribution in [0.2, 0.25) is 0 Å². The highest BCUT2D eigenvalue weighted by molar-refractivity contribution is 7.82. The Morgan fingerprint density at radius 1 is 1.27 bits per heavy atom. The first kappa shape index (κ1) is 12.3. The number of hydrogen-bond acceptors (Lipinski definition) is 6. The van der Waals surface area contributed by atoms with Gasteiger partial charge in [-0.25, -0.2) is 0 Å². The summed E-state index contributed by atoms with van der Waals surface area (Å²) >= 11 is 0. The Hall–Kier alpha value is -0.740. The van der Waals surface area contributed by atoms with Gasteiger partial charge in [0, 0.05) is 10.1 Å². The average Bonchev–Trinajstić information content (AvgIpc) is 2.24. The highest BCUT2D eigenvalue weighted by Gasteiger charge is 1.88. The zero-order chi connectivity index (χ0) is 10.8. The lowest BCUT2D eigenvalue weighted by atomic mass is 10.3. The molecule has 6 nitrogen and oxygen atoms in total. The highest BCUT2D eigenvalue weighted by atomic mass is 31.7. The van der Waals surface area contributed by atoms with Crippen molar-refractivity contribution in [1.82, 2.24) is 0 Å². The first-order valence-corrected chi connectivity index (χ1v) is 6.31. The smallest absolute Gasteiger partial charge is 0.134 e. The highest BCUT2D eigenvalue weighted by Crippen LogP contribution is 2.19. The number of aliphatic hydroxyl groups excluding tert-OH is 1. The summed E-state index contributed by atoms with van der Waals surface area (Å²) in [5, 5.41) is 21.4. The summed E-state index contributed by atoms with van der Waals surface area (Å²) in [6, 6.07) is 0. The summed E-state index contributed by atoms with van der Waals surface area (Å²) < 4.78 is 4.47. The summed E-state index contributed by atoms with van der Waals surface area (Å²) in [5.41, 5.74) is 0. The van der Waals surface area contributed by atoms with Crippen molar-refractivity contribution >= 4 is 16.0 Å². The Balaban J connectivity index is 2.48. The van der Waals surface area contributed by atoms with Gasteiger partial charge in [0.2, 0.25) is 0 Å². The number of hydrogen-bond donors (Lipinski definition) is 1. The molecular weight excluding hydrogens is 242 g/mol. The molecule has 82 valence electrons. The monoisotopic (exact) mass is 250 g/mol. The topological polar surface area (TPSA) is 66.4 Å². The van der Waals surface area contributed by atoms with Crippen LogP contribution in [-0.4, -0.2) is 5.11 Å². The van der Waals surface area contributed by atoms with Crippen LogP contribution >= 0.6 is 16.0 Å². The molecule has 1 rings (SSSR count). The Bertz CT molecular complexity index is 285. The fourth-order valence-corrected chi connectivity index (χ4v) is 1.51. The fourth-order valence-electron chi connectivity index (χ4n) is 0.584. The maximum Gasteiger partial charge on any atom is 0.134 e. The predicted octanol–water partition coefficient (Wildman–Crippen LogP) is 3.32. The van der Waals surface area contributed by atoms with E-state index in [1.165, 1.54) is 6.26 Å². The molecule has 15 heavy (non-hydrogen) atoms. The van der Waals surface area contributed by atoms with Crippen LogP contribution in [0.15, 0.2) is 36.1 Å². The van der Waals surface area contributed by atoms with Crippen LogP contribution in [0, 0.1) is 0 Å². The van der Waals surface area contributed by atoms with E-state index in [0.29, 0.717) is 14.5 Å². The van der Waals surface area contributed by atoms with Gasteiger partial charge in [0.25, 0.3) is 0 Å². The normalized spacial score (nSPS) is 21.2. The minimum absolute atomic E-state index is 0.164. The van der Waals surface area contributed by atoms with Crippen molar-refractivity contribution in [2.45, 2.75) is 6.42 Å². The maximum atomic E-state index is 9.28. The van der Waals surface area contributed by atoms with Gasteiger partial charge in [0.05, 0.1) is 0 Å². The van der Waals surface area contributed by atoms with Gasteiger partial charge < -0.3 is 9.99 Å². The lowest BCUT2D eigenvalue weighted by Crippen LogP contribution is -1.91. The molecule has 1 aliphatic rings. The van der Waals surface area contributed by atoms with Gasteiger partial charge in [-0.05, 0) is 43.4 Å². The molecule has 0 spiro atoms. The number of rotatable bonds is 0. The largest absolute Gasteiger partial charge is 0.508 e. The molecular formula is C7H8O6P2. The van der Waals surface area contributed by atoms with Gasteiger partial charge in [-0.15, -0.1) is 4.67 Å². The maximum absolute atomic E-state index is 9.28. The van der Waals surface area contributed by atoms with E-state index in [1.54, 1.807) is 24.0 Å². The van der Waals surface area contributed by atoms with Gasteiger partial charge >= 0.3 is 0 Å².